The fraction of sp³-hybridized carbons (Fsp3) is 0.467. The molecule has 0 spiro atoms. The number of methoxy groups -OCH3 is 2. The van der Waals surface area contributed by atoms with E-state index in [0.717, 1.165) is 68.6 Å². The van der Waals surface area contributed by atoms with Crippen LogP contribution in [-0.4, -0.2) is 63.4 Å². The number of hydrogen-bond donors (Lipinski definition) is 2. The van der Waals surface area contributed by atoms with Crippen molar-refractivity contribution in [2.45, 2.75) is 50.8 Å². The van der Waals surface area contributed by atoms with Crippen LogP contribution >= 0.6 is 15.9 Å². The monoisotopic (exact) mass is 613 g/mol. The quantitative estimate of drug-likeness (QED) is 0.373. The molecule has 9 nitrogen and oxygen atoms in total. The van der Waals surface area contributed by atoms with Gasteiger partial charge in [-0.3, -0.25) is 14.5 Å². The maximum Gasteiger partial charge on any atom is 0.227 e. The lowest BCUT2D eigenvalue weighted by Gasteiger charge is -2.32. The standard InChI is InChI=1S/C30H36BrN3O6/c1-37-22-15-27(38-2)30-25(35)14-23(40-28(30)16-22)17-29(36)33-20-7-11-34(12-8-20)18-19-3-4-26(24(31)13-19)39-21-5-9-32-10-6-21/h3-4,13-16,20-21,32H,5-12,17-18H2,1-2H3,(H,33,36). The van der Waals surface area contributed by atoms with E-state index >= 15 is 0 Å². The van der Waals surface area contributed by atoms with Crippen LogP contribution in [0.2, 0.25) is 0 Å². The summed E-state index contributed by atoms with van der Waals surface area (Å²) in [6.45, 7) is 4.63. The molecule has 40 heavy (non-hydrogen) atoms. The molecule has 2 N–H and O–H groups in total. The van der Waals surface area contributed by atoms with Crippen LogP contribution in [0.25, 0.3) is 11.0 Å². The Hall–Kier alpha value is -3.08. The first-order valence-electron chi connectivity index (χ1n) is 13.8. The molecule has 0 atom stereocenters. The maximum atomic E-state index is 12.8. The van der Waals surface area contributed by atoms with E-state index in [-0.39, 0.29) is 29.9 Å². The largest absolute Gasteiger partial charge is 0.496 e. The molecule has 5 rings (SSSR count). The molecular formula is C30H36BrN3O6. The van der Waals surface area contributed by atoms with Crippen molar-refractivity contribution >= 4 is 32.8 Å². The van der Waals surface area contributed by atoms with E-state index in [1.54, 1.807) is 12.1 Å². The topological polar surface area (TPSA) is 102 Å². The summed E-state index contributed by atoms with van der Waals surface area (Å²) >= 11 is 3.69. The molecule has 2 aliphatic heterocycles. The first kappa shape index (κ1) is 28.4. The van der Waals surface area contributed by atoms with Gasteiger partial charge in [0.05, 0.1) is 25.1 Å². The zero-order valence-corrected chi connectivity index (χ0v) is 24.6. The zero-order valence-electron chi connectivity index (χ0n) is 23.0. The van der Waals surface area contributed by atoms with Gasteiger partial charge >= 0.3 is 0 Å². The number of rotatable bonds is 9. The van der Waals surface area contributed by atoms with E-state index in [2.05, 4.69) is 49.7 Å². The lowest BCUT2D eigenvalue weighted by atomic mass is 10.0. The Kier molecular flexibility index (Phi) is 9.29. The second-order valence-corrected chi connectivity index (χ2v) is 11.3. The Bertz CT molecular complexity index is 1400. The molecule has 0 radical (unpaired) electrons. The van der Waals surface area contributed by atoms with Crippen molar-refractivity contribution in [1.29, 1.82) is 0 Å². The number of amides is 1. The van der Waals surface area contributed by atoms with Gasteiger partial charge in [0.1, 0.15) is 40.1 Å². The molecule has 3 aromatic rings. The number of halogens is 1. The Morgan fingerprint density at radius 3 is 2.52 bits per heavy atom. The van der Waals surface area contributed by atoms with E-state index in [0.29, 0.717) is 28.2 Å². The molecule has 3 heterocycles. The van der Waals surface area contributed by atoms with E-state index < -0.39 is 0 Å². The molecule has 2 aliphatic rings. The molecule has 214 valence electrons. The number of carbonyl (C=O) groups excluding carboxylic acids is 1. The SMILES string of the molecule is COc1cc(OC)c2c(=O)cc(CC(=O)NC3CCN(Cc4ccc(OC5CCNCC5)c(Br)c4)CC3)oc2c1. The molecule has 10 heteroatoms. The zero-order chi connectivity index (χ0) is 28.1. The molecule has 2 saturated heterocycles. The molecule has 0 saturated carbocycles. The average Bonchev–Trinajstić information content (AvgIpc) is 2.95. The van der Waals surface area contributed by atoms with Crippen molar-refractivity contribution in [3.05, 3.63) is 62.4 Å². The van der Waals surface area contributed by atoms with Crippen molar-refractivity contribution in [2.75, 3.05) is 40.4 Å². The van der Waals surface area contributed by atoms with Crippen molar-refractivity contribution in [2.24, 2.45) is 0 Å². The van der Waals surface area contributed by atoms with Gasteiger partial charge in [0, 0.05) is 43.9 Å². The van der Waals surface area contributed by atoms with E-state index in [1.807, 2.05) is 0 Å². The average molecular weight is 615 g/mol. The highest BCUT2D eigenvalue weighted by molar-refractivity contribution is 9.10. The molecule has 1 aromatic heterocycles. The number of benzene rings is 2. The van der Waals surface area contributed by atoms with Gasteiger partial charge in [-0.2, -0.15) is 0 Å². The number of hydrogen-bond acceptors (Lipinski definition) is 8. The Morgan fingerprint density at radius 1 is 1.05 bits per heavy atom. The van der Waals surface area contributed by atoms with Crippen LogP contribution in [0.15, 0.2) is 50.1 Å². The Labute approximate surface area is 242 Å². The summed E-state index contributed by atoms with van der Waals surface area (Å²) in [6, 6.07) is 11.1. The van der Waals surface area contributed by atoms with Crippen molar-refractivity contribution in [3.63, 3.8) is 0 Å². The van der Waals surface area contributed by atoms with E-state index in [4.69, 9.17) is 18.6 Å². The minimum atomic E-state index is -0.255. The summed E-state index contributed by atoms with van der Waals surface area (Å²) in [5, 5.41) is 6.81. The molecular weight excluding hydrogens is 578 g/mol. The molecule has 2 fully saturated rings. The summed E-state index contributed by atoms with van der Waals surface area (Å²) in [7, 11) is 3.02. The number of piperidine rings is 2. The fourth-order valence-corrected chi connectivity index (χ4v) is 5.93. The molecule has 0 aliphatic carbocycles. The van der Waals surface area contributed by atoms with Gasteiger partial charge in [-0.25, -0.2) is 0 Å². The third-order valence-corrected chi connectivity index (χ3v) is 8.16. The van der Waals surface area contributed by atoms with Crippen molar-refractivity contribution in [1.82, 2.24) is 15.5 Å². The van der Waals surface area contributed by atoms with Crippen LogP contribution in [0, 0.1) is 0 Å². The maximum absolute atomic E-state index is 12.8. The van der Waals surface area contributed by atoms with Crippen molar-refractivity contribution in [3.8, 4) is 17.2 Å². The highest BCUT2D eigenvalue weighted by atomic mass is 79.9. The summed E-state index contributed by atoms with van der Waals surface area (Å²) in [4.78, 5) is 27.9. The molecule has 2 aromatic carbocycles. The molecule has 0 bridgehead atoms. The number of carbonyl (C=O) groups is 1. The van der Waals surface area contributed by atoms with Crippen LogP contribution in [0.3, 0.4) is 0 Å². The van der Waals surface area contributed by atoms with Crippen LogP contribution in [0.5, 0.6) is 17.2 Å². The number of fused-ring (bicyclic) bond motifs is 1. The highest BCUT2D eigenvalue weighted by Crippen LogP contribution is 2.30. The lowest BCUT2D eigenvalue weighted by molar-refractivity contribution is -0.121. The Morgan fingerprint density at radius 2 is 1.82 bits per heavy atom. The summed E-state index contributed by atoms with van der Waals surface area (Å²) in [6.07, 6.45) is 4.04. The van der Waals surface area contributed by atoms with E-state index in [9.17, 15) is 9.59 Å². The minimum Gasteiger partial charge on any atom is -0.496 e. The number of nitrogens with one attached hydrogen (secondary N) is 2. The number of likely N-dealkylation sites (tertiary alicyclic amines) is 1. The summed E-state index contributed by atoms with van der Waals surface area (Å²) in [5.74, 6) is 1.93. The van der Waals surface area contributed by atoms with Crippen LogP contribution in [0.1, 0.15) is 37.0 Å². The predicted octanol–water partition coefficient (Wildman–Crippen LogP) is 4.03. The minimum absolute atomic E-state index is 0.00919. The highest BCUT2D eigenvalue weighted by Gasteiger charge is 2.22. The van der Waals surface area contributed by atoms with Gasteiger partial charge < -0.3 is 29.3 Å². The fourth-order valence-electron chi connectivity index (χ4n) is 5.41. The van der Waals surface area contributed by atoms with Gasteiger partial charge in [-0.05, 0) is 72.4 Å². The van der Waals surface area contributed by atoms with Gasteiger partial charge in [0.2, 0.25) is 5.91 Å². The smallest absolute Gasteiger partial charge is 0.227 e. The number of nitrogens with zero attached hydrogens (tertiary/aromatic N) is 1. The van der Waals surface area contributed by atoms with Crippen molar-refractivity contribution < 1.29 is 23.4 Å². The summed E-state index contributed by atoms with van der Waals surface area (Å²) in [5.41, 5.74) is 1.30. The first-order chi connectivity index (χ1) is 19.4. The third-order valence-electron chi connectivity index (χ3n) is 7.54. The van der Waals surface area contributed by atoms with Gasteiger partial charge in [-0.1, -0.05) is 6.07 Å². The van der Waals surface area contributed by atoms with Gasteiger partial charge in [0.25, 0.3) is 0 Å². The second-order valence-electron chi connectivity index (χ2n) is 10.4. The van der Waals surface area contributed by atoms with Gasteiger partial charge in [0.15, 0.2) is 5.43 Å². The van der Waals surface area contributed by atoms with Gasteiger partial charge in [-0.15, -0.1) is 0 Å². The van der Waals surface area contributed by atoms with Crippen LogP contribution in [0.4, 0.5) is 0 Å². The molecule has 1 amide bonds. The summed E-state index contributed by atoms with van der Waals surface area (Å²) < 4.78 is 23.7. The first-order valence-corrected chi connectivity index (χ1v) is 14.6. The van der Waals surface area contributed by atoms with Crippen LogP contribution in [-0.2, 0) is 17.8 Å². The third kappa shape index (κ3) is 6.97. The number of ether oxygens (including phenoxy) is 3. The molecule has 0 unspecified atom stereocenters. The second kappa shape index (κ2) is 13.1. The predicted molar refractivity (Wildman–Crippen MR) is 156 cm³/mol. The van der Waals surface area contributed by atoms with Crippen LogP contribution < -0.4 is 30.3 Å². The lowest BCUT2D eigenvalue weighted by Crippen LogP contribution is -2.44. The van der Waals surface area contributed by atoms with E-state index in [1.165, 1.54) is 25.8 Å². The Balaban J connectivity index is 1.12. The normalized spacial score (nSPS) is 17.1.